The van der Waals surface area contributed by atoms with E-state index in [9.17, 15) is 14.4 Å². The van der Waals surface area contributed by atoms with E-state index < -0.39 is 11.9 Å². The van der Waals surface area contributed by atoms with Gasteiger partial charge in [-0.15, -0.1) is 0 Å². The standard InChI is InChI=1S/C14H16ClN3O3/c1-9(10-4-3-5-11(15)6-10)17(2)13(20)8-18-12(19)7-16-14(18)21/h3-6,9H,7-8H2,1-2H3,(H,16,21). The zero-order chi connectivity index (χ0) is 15.6. The third-order valence-electron chi connectivity index (χ3n) is 3.54. The van der Waals surface area contributed by atoms with Crippen LogP contribution in [0.25, 0.3) is 0 Å². The SMILES string of the molecule is CC(c1cccc(Cl)c1)N(C)C(=O)CN1C(=O)CNC1=O. The lowest BCUT2D eigenvalue weighted by molar-refractivity contribution is -0.136. The molecule has 1 aromatic carbocycles. The average molecular weight is 310 g/mol. The Morgan fingerprint density at radius 2 is 2.19 bits per heavy atom. The molecule has 0 radical (unpaired) electrons. The van der Waals surface area contributed by atoms with Crippen LogP contribution < -0.4 is 5.32 Å². The van der Waals surface area contributed by atoms with Gasteiger partial charge in [-0.1, -0.05) is 23.7 Å². The molecular weight excluding hydrogens is 294 g/mol. The van der Waals surface area contributed by atoms with Gasteiger partial charge in [0.15, 0.2) is 0 Å². The van der Waals surface area contributed by atoms with Gasteiger partial charge in [0.2, 0.25) is 5.91 Å². The van der Waals surface area contributed by atoms with Crippen molar-refractivity contribution < 1.29 is 14.4 Å². The van der Waals surface area contributed by atoms with Crippen LogP contribution in [0.1, 0.15) is 18.5 Å². The molecule has 1 unspecified atom stereocenters. The van der Waals surface area contributed by atoms with E-state index in [0.29, 0.717) is 5.02 Å². The number of carbonyl (C=O) groups is 3. The molecule has 0 aromatic heterocycles. The number of hydrogen-bond donors (Lipinski definition) is 1. The van der Waals surface area contributed by atoms with E-state index in [1.165, 1.54) is 4.90 Å². The monoisotopic (exact) mass is 309 g/mol. The first-order valence-corrected chi connectivity index (χ1v) is 6.87. The number of hydrogen-bond acceptors (Lipinski definition) is 3. The molecular formula is C14H16ClN3O3. The molecule has 6 nitrogen and oxygen atoms in total. The van der Waals surface area contributed by atoms with Crippen molar-refractivity contribution in [2.75, 3.05) is 20.1 Å². The van der Waals surface area contributed by atoms with Crippen LogP contribution in [0.15, 0.2) is 24.3 Å². The minimum absolute atomic E-state index is 0.0559. The summed E-state index contributed by atoms with van der Waals surface area (Å²) in [4.78, 5) is 37.5. The maximum Gasteiger partial charge on any atom is 0.325 e. The van der Waals surface area contributed by atoms with Crippen LogP contribution in [0.4, 0.5) is 4.79 Å². The first-order chi connectivity index (χ1) is 9.90. The topological polar surface area (TPSA) is 69.7 Å². The normalized spacial score (nSPS) is 15.9. The van der Waals surface area contributed by atoms with Crippen LogP contribution in [-0.2, 0) is 9.59 Å². The maximum absolute atomic E-state index is 12.2. The fourth-order valence-electron chi connectivity index (χ4n) is 2.07. The molecule has 1 aliphatic heterocycles. The van der Waals surface area contributed by atoms with E-state index >= 15 is 0 Å². The maximum atomic E-state index is 12.2. The van der Waals surface area contributed by atoms with Crippen molar-refractivity contribution in [1.82, 2.24) is 15.1 Å². The van der Waals surface area contributed by atoms with E-state index in [2.05, 4.69) is 5.32 Å². The third-order valence-corrected chi connectivity index (χ3v) is 3.77. The second kappa shape index (κ2) is 6.13. The Morgan fingerprint density at radius 1 is 1.48 bits per heavy atom. The lowest BCUT2D eigenvalue weighted by atomic mass is 10.1. The van der Waals surface area contributed by atoms with Crippen LogP contribution in [0.2, 0.25) is 5.02 Å². The molecule has 1 fully saturated rings. The van der Waals surface area contributed by atoms with E-state index in [1.54, 1.807) is 19.2 Å². The molecule has 2 rings (SSSR count). The fourth-order valence-corrected chi connectivity index (χ4v) is 2.27. The van der Waals surface area contributed by atoms with Crippen molar-refractivity contribution in [2.24, 2.45) is 0 Å². The molecule has 21 heavy (non-hydrogen) atoms. The van der Waals surface area contributed by atoms with Crippen LogP contribution in [0, 0.1) is 0 Å². The van der Waals surface area contributed by atoms with Gasteiger partial charge in [-0.3, -0.25) is 14.5 Å². The summed E-state index contributed by atoms with van der Waals surface area (Å²) in [6, 6.07) is 6.48. The van der Waals surface area contributed by atoms with Crippen molar-refractivity contribution in [3.63, 3.8) is 0 Å². The number of halogens is 1. The molecule has 0 saturated carbocycles. The molecule has 0 spiro atoms. The highest BCUT2D eigenvalue weighted by Crippen LogP contribution is 2.22. The molecule has 1 aliphatic rings. The minimum atomic E-state index is -0.530. The second-order valence-corrected chi connectivity index (χ2v) is 5.31. The van der Waals surface area contributed by atoms with Crippen molar-refractivity contribution >= 4 is 29.4 Å². The molecule has 1 aromatic rings. The highest BCUT2D eigenvalue weighted by Gasteiger charge is 2.31. The third kappa shape index (κ3) is 3.33. The molecule has 0 aliphatic carbocycles. The van der Waals surface area contributed by atoms with E-state index in [4.69, 9.17) is 11.6 Å². The lowest BCUT2D eigenvalue weighted by Gasteiger charge is -2.26. The summed E-state index contributed by atoms with van der Waals surface area (Å²) in [5.74, 6) is -0.704. The smallest absolute Gasteiger partial charge is 0.325 e. The first-order valence-electron chi connectivity index (χ1n) is 6.49. The van der Waals surface area contributed by atoms with Crippen LogP contribution in [0.5, 0.6) is 0 Å². The highest BCUT2D eigenvalue weighted by atomic mass is 35.5. The zero-order valence-electron chi connectivity index (χ0n) is 11.8. The zero-order valence-corrected chi connectivity index (χ0v) is 12.6. The summed E-state index contributed by atoms with van der Waals surface area (Å²) in [7, 11) is 1.63. The van der Waals surface area contributed by atoms with Gasteiger partial charge >= 0.3 is 6.03 Å². The van der Waals surface area contributed by atoms with Gasteiger partial charge in [0.25, 0.3) is 5.91 Å². The number of benzene rings is 1. The number of nitrogens with zero attached hydrogens (tertiary/aromatic N) is 2. The summed E-state index contributed by atoms with van der Waals surface area (Å²) < 4.78 is 0. The largest absolute Gasteiger partial charge is 0.337 e. The number of likely N-dealkylation sites (N-methyl/N-ethyl adjacent to an activating group) is 1. The molecule has 1 heterocycles. The number of rotatable bonds is 4. The van der Waals surface area contributed by atoms with Crippen molar-refractivity contribution in [3.05, 3.63) is 34.9 Å². The minimum Gasteiger partial charge on any atom is -0.337 e. The van der Waals surface area contributed by atoms with Crippen LogP contribution in [-0.4, -0.2) is 47.8 Å². The number of amides is 4. The van der Waals surface area contributed by atoms with Crippen molar-refractivity contribution in [3.8, 4) is 0 Å². The summed E-state index contributed by atoms with van der Waals surface area (Å²) in [5, 5.41) is 2.97. The Hall–Kier alpha value is -2.08. The number of imide groups is 1. The Kier molecular flexibility index (Phi) is 4.47. The van der Waals surface area contributed by atoms with Gasteiger partial charge in [-0.2, -0.15) is 0 Å². The first kappa shape index (κ1) is 15.3. The molecule has 4 amide bonds. The lowest BCUT2D eigenvalue weighted by Crippen LogP contribution is -2.42. The van der Waals surface area contributed by atoms with Crippen molar-refractivity contribution in [1.29, 1.82) is 0 Å². The fraction of sp³-hybridized carbons (Fsp3) is 0.357. The van der Waals surface area contributed by atoms with Crippen LogP contribution in [0.3, 0.4) is 0 Å². The number of carbonyl (C=O) groups excluding carboxylic acids is 3. The molecule has 112 valence electrons. The van der Waals surface area contributed by atoms with Gasteiger partial charge in [-0.25, -0.2) is 4.79 Å². The van der Waals surface area contributed by atoms with E-state index in [1.807, 2.05) is 19.1 Å². The van der Waals surface area contributed by atoms with E-state index in [0.717, 1.165) is 10.5 Å². The Morgan fingerprint density at radius 3 is 2.76 bits per heavy atom. The molecule has 7 heteroatoms. The number of nitrogens with one attached hydrogen (secondary N) is 1. The van der Waals surface area contributed by atoms with Gasteiger partial charge in [0.05, 0.1) is 12.6 Å². The van der Waals surface area contributed by atoms with Crippen molar-refractivity contribution in [2.45, 2.75) is 13.0 Å². The van der Waals surface area contributed by atoms with Crippen LogP contribution >= 0.6 is 11.6 Å². The van der Waals surface area contributed by atoms with Gasteiger partial charge < -0.3 is 10.2 Å². The quantitative estimate of drug-likeness (QED) is 0.855. The molecule has 0 bridgehead atoms. The summed E-state index contributed by atoms with van der Waals surface area (Å²) in [5.41, 5.74) is 0.885. The Balaban J connectivity index is 2.05. The molecule has 1 N–H and O–H groups in total. The second-order valence-electron chi connectivity index (χ2n) is 4.87. The number of urea groups is 1. The van der Waals surface area contributed by atoms with E-state index in [-0.39, 0.29) is 25.0 Å². The average Bonchev–Trinajstić information content (AvgIpc) is 2.77. The van der Waals surface area contributed by atoms with Gasteiger partial charge in [0.1, 0.15) is 6.54 Å². The molecule has 1 saturated heterocycles. The molecule has 1 atom stereocenters. The highest BCUT2D eigenvalue weighted by molar-refractivity contribution is 6.30. The predicted octanol–water partition coefficient (Wildman–Crippen LogP) is 1.41. The van der Waals surface area contributed by atoms with Gasteiger partial charge in [-0.05, 0) is 24.6 Å². The summed E-state index contributed by atoms with van der Waals surface area (Å²) in [6.07, 6.45) is 0. The Labute approximate surface area is 127 Å². The Bertz CT molecular complexity index is 575. The van der Waals surface area contributed by atoms with Gasteiger partial charge in [0, 0.05) is 12.1 Å². The summed E-state index contributed by atoms with van der Waals surface area (Å²) in [6.45, 7) is 1.54. The summed E-state index contributed by atoms with van der Waals surface area (Å²) >= 11 is 5.94. The predicted molar refractivity (Wildman–Crippen MR) is 77.7 cm³/mol.